The first-order valence-electron chi connectivity index (χ1n) is 0.154. The van der Waals surface area contributed by atoms with Crippen molar-refractivity contribution in [2.75, 3.05) is 0 Å². The maximum absolute atomic E-state index is 8.06. The third-order valence-electron chi connectivity index (χ3n) is 0. The van der Waals surface area contributed by atoms with Crippen LogP contribution in [0.25, 0.3) is 0 Å². The minimum absolute atomic E-state index is 0. The summed E-state index contributed by atoms with van der Waals surface area (Å²) in [5, 5.41) is 0. The molecule has 25 valence electrons. The molecule has 0 radical (unpaired) electrons. The van der Waals surface area contributed by atoms with Crippen molar-refractivity contribution in [1.82, 2.24) is 0 Å². The Balaban J connectivity index is -0.000000000833. The van der Waals surface area contributed by atoms with E-state index in [-0.39, 0.29) is 59.4 Å². The summed E-state index contributed by atoms with van der Waals surface area (Å²) in [6.45, 7) is 0. The van der Waals surface area contributed by atoms with E-state index >= 15 is 0 Å². The Morgan fingerprint density at radius 3 is 1.40 bits per heavy atom. The van der Waals surface area contributed by atoms with Crippen molar-refractivity contribution < 1.29 is 79.1 Å². The van der Waals surface area contributed by atoms with Crippen LogP contribution in [0, 0.1) is 0 Å². The molecule has 0 aliphatic heterocycles. The van der Waals surface area contributed by atoms with Gasteiger partial charge in [0, 0.05) is 39.1 Å². The van der Waals surface area contributed by atoms with Crippen molar-refractivity contribution in [3.63, 3.8) is 0 Å². The first-order valence-corrected chi connectivity index (χ1v) is 0.636. The molecule has 0 saturated heterocycles. The second-order valence-corrected chi connectivity index (χ2v) is 0. The van der Waals surface area contributed by atoms with Gasteiger partial charge in [0.25, 0.3) is 0 Å². The van der Waals surface area contributed by atoms with E-state index in [1.807, 2.05) is 0 Å². The van der Waals surface area contributed by atoms with Gasteiger partial charge < -0.3 is 1.43 Å². The van der Waals surface area contributed by atoms with Crippen LogP contribution in [-0.4, -0.2) is 0 Å². The second-order valence-electron chi connectivity index (χ2n) is 0. The van der Waals surface area contributed by atoms with Gasteiger partial charge in [-0.1, -0.05) is 0 Å². The number of hydrogen-bond donors (Lipinski definition) is 0. The fourth-order valence-electron chi connectivity index (χ4n) is 0. The average Bonchev–Trinajstić information content (AvgIpc) is 1.00. The maximum atomic E-state index is 8.06. The van der Waals surface area contributed by atoms with Gasteiger partial charge in [0.1, 0.15) is 0 Å². The Morgan fingerprint density at radius 2 is 1.40 bits per heavy atom. The molecule has 0 saturated carbocycles. The quantitative estimate of drug-likeness (QED) is 0.362. The van der Waals surface area contributed by atoms with Crippen molar-refractivity contribution in [1.29, 1.82) is 0 Å². The molecule has 0 unspecified atom stereocenters. The van der Waals surface area contributed by atoms with Crippen molar-refractivity contribution in [3.8, 4) is 0 Å². The van der Waals surface area contributed by atoms with Crippen LogP contribution < -0.4 is 18.9 Å². The van der Waals surface area contributed by atoms with Crippen molar-refractivity contribution in [3.05, 3.63) is 0 Å². The molecule has 0 N–H and O–H groups in total. The van der Waals surface area contributed by atoms with Gasteiger partial charge in [-0.05, 0) is 0 Å². The van der Waals surface area contributed by atoms with Gasteiger partial charge in [0.15, 0.2) is 0 Å². The molecule has 1 nitrogen and oxygen atoms in total. The molecule has 0 bridgehead atoms. The molecule has 0 spiro atoms. The summed E-state index contributed by atoms with van der Waals surface area (Å²) in [6.07, 6.45) is 0. The van der Waals surface area contributed by atoms with Crippen LogP contribution in [-0.2, 0) is 58.9 Å². The van der Waals surface area contributed by atoms with Crippen LogP contribution in [0.4, 0.5) is 0 Å². The smallest absolute Gasteiger partial charge is 0 e. The molecule has 0 aromatic rings. The Bertz CT molecular complexity index is 15.5. The summed E-state index contributed by atoms with van der Waals surface area (Å²) >= 11 is 1.69. The summed E-state index contributed by atoms with van der Waals surface area (Å²) in [7, 11) is 0. The SMILES string of the molecule is [Cr].[H-].[Li+].[O]=[Mn].[Ti]. The summed E-state index contributed by atoms with van der Waals surface area (Å²) in [4.78, 5) is 0. The van der Waals surface area contributed by atoms with Crippen molar-refractivity contribution in [2.24, 2.45) is 0 Å². The molecule has 0 aliphatic carbocycles. The van der Waals surface area contributed by atoms with E-state index in [2.05, 4.69) is 0 Å². The molecule has 0 heterocycles. The monoisotopic (exact) mass is 179 g/mol. The van der Waals surface area contributed by atoms with Gasteiger partial charge in [0.2, 0.25) is 0 Å². The summed E-state index contributed by atoms with van der Waals surface area (Å²) in [5.74, 6) is 0. The minimum atomic E-state index is 0. The van der Waals surface area contributed by atoms with Crippen LogP contribution >= 0.6 is 0 Å². The minimum Gasteiger partial charge on any atom is 0 e. The molecule has 0 rings (SSSR count). The van der Waals surface area contributed by atoms with E-state index in [0.29, 0.717) is 0 Å². The van der Waals surface area contributed by atoms with Crippen LogP contribution in [0.3, 0.4) is 0 Å². The van der Waals surface area contributed by atoms with E-state index in [1.54, 1.807) is 15.9 Å². The summed E-state index contributed by atoms with van der Waals surface area (Å²) in [5.41, 5.74) is 0. The predicted octanol–water partition coefficient (Wildman–Crippen LogP) is -3.01. The van der Waals surface area contributed by atoms with Crippen molar-refractivity contribution in [2.45, 2.75) is 0 Å². The molecule has 0 amide bonds. The second kappa shape index (κ2) is 35.1. The average molecular weight is 179 g/mol. The standard InChI is InChI=1S/Cr.Li.Mn.O.Ti.H/q;+1;;;;-1. The Kier molecular flexibility index (Phi) is 191. The van der Waals surface area contributed by atoms with Crippen LogP contribution in [0.5, 0.6) is 0 Å². The molecule has 0 aliphatic rings. The molecule has 5 heavy (non-hydrogen) atoms. The molecule has 0 atom stereocenters. The maximum Gasteiger partial charge on any atom is 0 e. The Morgan fingerprint density at radius 1 is 1.40 bits per heavy atom. The van der Waals surface area contributed by atoms with Gasteiger partial charge in [0.05, 0.1) is 0 Å². The van der Waals surface area contributed by atoms with Gasteiger partial charge in [-0.25, -0.2) is 0 Å². The van der Waals surface area contributed by atoms with Gasteiger partial charge in [-0.3, -0.25) is 0 Å². The van der Waals surface area contributed by atoms with Gasteiger partial charge in [-0.15, -0.1) is 0 Å². The largest absolute Gasteiger partial charge is 0 e. The zero-order valence-electron chi connectivity index (χ0n) is 3.69. The normalized spacial score (nSPS) is 0.800. The third-order valence-corrected chi connectivity index (χ3v) is 0. The molecule has 0 fully saturated rings. The van der Waals surface area contributed by atoms with Gasteiger partial charge >= 0.3 is 38.6 Å². The van der Waals surface area contributed by atoms with Crippen LogP contribution in [0.1, 0.15) is 1.43 Å². The zero-order valence-corrected chi connectivity index (χ0v) is 6.71. The fraction of sp³-hybridized carbons (Fsp3) is 0. The van der Waals surface area contributed by atoms with E-state index in [4.69, 9.17) is 3.83 Å². The number of rotatable bonds is 0. The molecule has 0 aromatic heterocycles. The predicted molar refractivity (Wildman–Crippen MR) is 1.80 cm³/mol. The Hall–Kier alpha value is 2.16. The number of hydrogen-bond acceptors (Lipinski definition) is 1. The molecule has 0 aromatic carbocycles. The fourth-order valence-corrected chi connectivity index (χ4v) is 0. The third kappa shape index (κ3) is 22.8. The Labute approximate surface area is 78.3 Å². The zero-order chi connectivity index (χ0) is 2.00. The topological polar surface area (TPSA) is 17.1 Å². The molecular weight excluding hydrogens is 178 g/mol. The van der Waals surface area contributed by atoms with Gasteiger partial charge in [-0.2, -0.15) is 0 Å². The molecular formula is HCrLiMnOTi. The van der Waals surface area contributed by atoms with E-state index < -0.39 is 0 Å². The first-order chi connectivity index (χ1) is 1.00. The van der Waals surface area contributed by atoms with E-state index in [0.717, 1.165) is 0 Å². The first kappa shape index (κ1) is 27.2. The van der Waals surface area contributed by atoms with Crippen molar-refractivity contribution >= 4 is 0 Å². The van der Waals surface area contributed by atoms with Crippen LogP contribution in [0.2, 0.25) is 0 Å². The van der Waals surface area contributed by atoms with E-state index in [1.165, 1.54) is 0 Å². The van der Waals surface area contributed by atoms with Crippen LogP contribution in [0.15, 0.2) is 0 Å². The molecule has 5 heteroatoms. The summed E-state index contributed by atoms with van der Waals surface area (Å²) in [6, 6.07) is 0. The summed E-state index contributed by atoms with van der Waals surface area (Å²) < 4.78 is 8.06. The van der Waals surface area contributed by atoms with E-state index in [9.17, 15) is 0 Å².